The molecule has 3 rings (SSSR count). The molecule has 1 saturated heterocycles. The van der Waals surface area contributed by atoms with Gasteiger partial charge in [-0.15, -0.1) is 11.3 Å². The maximum atomic E-state index is 11.8. The van der Waals surface area contributed by atoms with Crippen molar-refractivity contribution in [2.75, 3.05) is 45.9 Å². The summed E-state index contributed by atoms with van der Waals surface area (Å²) in [6.07, 6.45) is 2.79. The zero-order valence-electron chi connectivity index (χ0n) is 17.1. The molecule has 3 heterocycles. The summed E-state index contributed by atoms with van der Waals surface area (Å²) in [6, 6.07) is 2.59. The van der Waals surface area contributed by atoms with Gasteiger partial charge in [0.05, 0.1) is 13.2 Å². The van der Waals surface area contributed by atoms with E-state index in [1.54, 1.807) is 9.78 Å². The van der Waals surface area contributed by atoms with Crippen LogP contribution in [-0.4, -0.2) is 73.8 Å². The molecule has 1 fully saturated rings. The van der Waals surface area contributed by atoms with Crippen LogP contribution in [0.3, 0.4) is 0 Å². The minimum atomic E-state index is -0.197. The molecule has 0 unspecified atom stereocenters. The van der Waals surface area contributed by atoms with Gasteiger partial charge in [0.25, 0.3) is 0 Å². The van der Waals surface area contributed by atoms with Crippen molar-refractivity contribution in [2.24, 2.45) is 4.99 Å². The van der Waals surface area contributed by atoms with Gasteiger partial charge in [-0.1, -0.05) is 0 Å². The Morgan fingerprint density at radius 2 is 2.14 bits per heavy atom. The number of aliphatic imine (C=N–C) groups is 1. The van der Waals surface area contributed by atoms with Gasteiger partial charge in [-0.3, -0.25) is 9.89 Å². The van der Waals surface area contributed by atoms with Crippen molar-refractivity contribution in [1.29, 1.82) is 0 Å². The molecule has 0 bridgehead atoms. The molecule has 0 saturated carbocycles. The number of rotatable bonds is 6. The number of carbonyl (C=O) groups excluding carboxylic acids is 1. The lowest BCUT2D eigenvalue weighted by Crippen LogP contribution is -2.50. The largest absolute Gasteiger partial charge is 0.450 e. The second kappa shape index (κ2) is 10.7. The summed E-state index contributed by atoms with van der Waals surface area (Å²) in [4.78, 5) is 22.4. The van der Waals surface area contributed by atoms with Crippen LogP contribution in [0, 0.1) is 0 Å². The summed E-state index contributed by atoms with van der Waals surface area (Å²) in [7, 11) is 0. The van der Waals surface area contributed by atoms with Gasteiger partial charge < -0.3 is 20.3 Å². The van der Waals surface area contributed by atoms with Crippen LogP contribution in [0.5, 0.6) is 0 Å². The fraction of sp³-hybridized carbons (Fsp3) is 0.700. The van der Waals surface area contributed by atoms with Crippen LogP contribution in [0.15, 0.2) is 16.4 Å². The number of thiophene rings is 1. The highest BCUT2D eigenvalue weighted by Crippen LogP contribution is 2.23. The maximum absolute atomic E-state index is 11.8. The van der Waals surface area contributed by atoms with E-state index in [2.05, 4.69) is 33.9 Å². The summed E-state index contributed by atoms with van der Waals surface area (Å²) in [5.41, 5.74) is 1.48. The Labute approximate surface area is 172 Å². The molecule has 1 aromatic rings. The van der Waals surface area contributed by atoms with E-state index in [9.17, 15) is 4.79 Å². The Morgan fingerprint density at radius 1 is 1.32 bits per heavy atom. The zero-order chi connectivity index (χ0) is 19.8. The fourth-order valence-corrected chi connectivity index (χ4v) is 4.63. The molecule has 1 aromatic heterocycles. The zero-order valence-corrected chi connectivity index (χ0v) is 17.9. The maximum Gasteiger partial charge on any atom is 0.409 e. The molecule has 8 heteroatoms. The third kappa shape index (κ3) is 5.85. The van der Waals surface area contributed by atoms with Gasteiger partial charge in [0, 0.05) is 50.2 Å². The number of nitrogens with zero attached hydrogens (tertiary/aromatic N) is 3. The van der Waals surface area contributed by atoms with E-state index in [4.69, 9.17) is 9.73 Å². The quantitative estimate of drug-likeness (QED) is 0.559. The van der Waals surface area contributed by atoms with E-state index in [0.717, 1.165) is 71.0 Å². The van der Waals surface area contributed by atoms with Crippen molar-refractivity contribution in [3.05, 3.63) is 21.9 Å². The molecule has 7 nitrogen and oxygen atoms in total. The molecule has 0 spiro atoms. The minimum Gasteiger partial charge on any atom is -0.450 e. The molecular weight excluding hydrogens is 374 g/mol. The smallest absolute Gasteiger partial charge is 0.409 e. The lowest BCUT2D eigenvalue weighted by molar-refractivity contribution is 0.0963. The second-order valence-corrected chi connectivity index (χ2v) is 8.26. The van der Waals surface area contributed by atoms with E-state index >= 15 is 0 Å². The third-order valence-electron chi connectivity index (χ3n) is 5.28. The van der Waals surface area contributed by atoms with Crippen molar-refractivity contribution in [2.45, 2.75) is 45.7 Å². The van der Waals surface area contributed by atoms with Crippen molar-refractivity contribution in [1.82, 2.24) is 20.4 Å². The molecule has 2 aliphatic rings. The Bertz CT molecular complexity index is 655. The van der Waals surface area contributed by atoms with Gasteiger partial charge in [0.15, 0.2) is 5.96 Å². The fourth-order valence-electron chi connectivity index (χ4n) is 3.74. The van der Waals surface area contributed by atoms with Crippen molar-refractivity contribution >= 4 is 23.4 Å². The number of piperidine rings is 1. The van der Waals surface area contributed by atoms with Gasteiger partial charge in [0.2, 0.25) is 0 Å². The first-order valence-corrected chi connectivity index (χ1v) is 11.3. The first kappa shape index (κ1) is 20.9. The summed E-state index contributed by atoms with van der Waals surface area (Å²) in [5, 5.41) is 9.09. The standard InChI is InChI=1S/C20H33N5O2S/c1-3-21-19(23-17-5-11-25(12-6-17)20(26)27-4-2)22-9-13-24-10-7-18-16(15-24)8-14-28-18/h8,14,17H,3-7,9-13,15H2,1-2H3,(H2,21,22,23). The molecule has 0 aromatic carbocycles. The molecule has 2 aliphatic heterocycles. The number of hydrogen-bond acceptors (Lipinski definition) is 5. The molecule has 156 valence electrons. The Hall–Kier alpha value is -1.80. The van der Waals surface area contributed by atoms with Crippen LogP contribution in [-0.2, 0) is 17.7 Å². The summed E-state index contributed by atoms with van der Waals surface area (Å²) in [6.45, 7) is 10.6. The highest BCUT2D eigenvalue weighted by atomic mass is 32.1. The average Bonchev–Trinajstić information content (AvgIpc) is 3.17. The predicted octanol–water partition coefficient (Wildman–Crippen LogP) is 2.28. The highest BCUT2D eigenvalue weighted by molar-refractivity contribution is 7.10. The second-order valence-electron chi connectivity index (χ2n) is 7.26. The van der Waals surface area contributed by atoms with Gasteiger partial charge in [-0.05, 0) is 50.1 Å². The number of ether oxygens (including phenoxy) is 1. The number of fused-ring (bicyclic) bond motifs is 1. The van der Waals surface area contributed by atoms with E-state index in [0.29, 0.717) is 12.6 Å². The summed E-state index contributed by atoms with van der Waals surface area (Å²) >= 11 is 1.88. The lowest BCUT2D eigenvalue weighted by atomic mass is 10.1. The normalized spacial score (nSPS) is 18.6. The van der Waals surface area contributed by atoms with Crippen LogP contribution >= 0.6 is 11.3 Å². The number of amides is 1. The van der Waals surface area contributed by atoms with Gasteiger partial charge in [-0.2, -0.15) is 0 Å². The average molecular weight is 408 g/mol. The minimum absolute atomic E-state index is 0.197. The first-order valence-electron chi connectivity index (χ1n) is 10.4. The van der Waals surface area contributed by atoms with E-state index < -0.39 is 0 Å². The third-order valence-corrected chi connectivity index (χ3v) is 6.30. The molecule has 0 radical (unpaired) electrons. The van der Waals surface area contributed by atoms with Crippen LogP contribution in [0.4, 0.5) is 4.79 Å². The van der Waals surface area contributed by atoms with Crippen LogP contribution < -0.4 is 10.6 Å². The molecule has 0 aliphatic carbocycles. The van der Waals surface area contributed by atoms with Crippen molar-refractivity contribution in [3.63, 3.8) is 0 Å². The number of nitrogens with one attached hydrogen (secondary N) is 2. The van der Waals surface area contributed by atoms with Gasteiger partial charge >= 0.3 is 6.09 Å². The molecule has 28 heavy (non-hydrogen) atoms. The Balaban J connectivity index is 1.43. The predicted molar refractivity (Wildman–Crippen MR) is 114 cm³/mol. The van der Waals surface area contributed by atoms with Crippen LogP contribution in [0.2, 0.25) is 0 Å². The van der Waals surface area contributed by atoms with Crippen molar-refractivity contribution < 1.29 is 9.53 Å². The van der Waals surface area contributed by atoms with Crippen molar-refractivity contribution in [3.8, 4) is 0 Å². The first-order chi connectivity index (χ1) is 13.7. The number of guanidine groups is 1. The van der Waals surface area contributed by atoms with Gasteiger partial charge in [0.1, 0.15) is 0 Å². The lowest BCUT2D eigenvalue weighted by Gasteiger charge is -2.32. The highest BCUT2D eigenvalue weighted by Gasteiger charge is 2.24. The topological polar surface area (TPSA) is 69.2 Å². The SMILES string of the molecule is CCNC(=NCCN1CCc2sccc2C1)NC1CCN(C(=O)OCC)CC1. The number of likely N-dealkylation sites (tertiary alicyclic amines) is 1. The van der Waals surface area contributed by atoms with Crippen LogP contribution in [0.1, 0.15) is 37.1 Å². The summed E-state index contributed by atoms with van der Waals surface area (Å²) in [5.74, 6) is 0.880. The molecule has 1 amide bonds. The summed E-state index contributed by atoms with van der Waals surface area (Å²) < 4.78 is 5.09. The van der Waals surface area contributed by atoms with Gasteiger partial charge in [-0.25, -0.2) is 4.79 Å². The molecular formula is C20H33N5O2S. The monoisotopic (exact) mass is 407 g/mol. The van der Waals surface area contributed by atoms with E-state index in [1.165, 1.54) is 5.56 Å². The molecule has 0 atom stereocenters. The Morgan fingerprint density at radius 3 is 2.89 bits per heavy atom. The number of hydrogen-bond donors (Lipinski definition) is 2. The molecule has 2 N–H and O–H groups in total. The van der Waals surface area contributed by atoms with E-state index in [1.807, 2.05) is 18.3 Å². The van der Waals surface area contributed by atoms with Crippen LogP contribution in [0.25, 0.3) is 0 Å². The Kier molecular flexibility index (Phi) is 7.97. The van der Waals surface area contributed by atoms with E-state index in [-0.39, 0.29) is 6.09 Å². The number of carbonyl (C=O) groups is 1.